The summed E-state index contributed by atoms with van der Waals surface area (Å²) in [5, 5.41) is 9.83. The van der Waals surface area contributed by atoms with Crippen molar-refractivity contribution in [2.75, 3.05) is 13.6 Å². The van der Waals surface area contributed by atoms with Crippen LogP contribution in [0.25, 0.3) is 10.9 Å². The van der Waals surface area contributed by atoms with Crippen molar-refractivity contribution in [3.8, 4) is 0 Å². The zero-order chi connectivity index (χ0) is 17.0. The molecule has 1 amide bonds. The van der Waals surface area contributed by atoms with Gasteiger partial charge in [-0.2, -0.15) is 0 Å². The van der Waals surface area contributed by atoms with E-state index in [0.717, 1.165) is 5.56 Å². The third kappa shape index (κ3) is 4.16. The minimum absolute atomic E-state index is 0.0538. The molecule has 1 atom stereocenters. The van der Waals surface area contributed by atoms with Crippen molar-refractivity contribution in [3.63, 3.8) is 0 Å². The Kier molecular flexibility index (Phi) is 5.50. The molecule has 0 bridgehead atoms. The van der Waals surface area contributed by atoms with Crippen molar-refractivity contribution in [1.82, 2.24) is 14.5 Å². The molecule has 23 heavy (non-hydrogen) atoms. The first-order valence-electron chi connectivity index (χ1n) is 7.77. The fraction of sp³-hybridized carbons (Fsp3) is 0.471. The number of aryl methyl sites for hydroxylation is 2. The van der Waals surface area contributed by atoms with E-state index in [0.29, 0.717) is 30.4 Å². The van der Waals surface area contributed by atoms with Gasteiger partial charge in [0.1, 0.15) is 0 Å². The summed E-state index contributed by atoms with van der Waals surface area (Å²) in [5.74, 6) is -0.0538. The van der Waals surface area contributed by atoms with Crippen LogP contribution in [0, 0.1) is 6.92 Å². The largest absolute Gasteiger partial charge is 0.393 e. The molecule has 0 aliphatic heterocycles. The van der Waals surface area contributed by atoms with Crippen molar-refractivity contribution in [2.45, 2.75) is 39.3 Å². The fourth-order valence-electron chi connectivity index (χ4n) is 2.41. The van der Waals surface area contributed by atoms with Crippen LogP contribution in [0.3, 0.4) is 0 Å². The maximum absolute atomic E-state index is 12.4. The van der Waals surface area contributed by atoms with Crippen molar-refractivity contribution in [3.05, 3.63) is 40.4 Å². The molecule has 2 rings (SSSR count). The maximum atomic E-state index is 12.4. The van der Waals surface area contributed by atoms with Crippen molar-refractivity contribution >= 4 is 16.8 Å². The molecule has 2 aromatic rings. The minimum Gasteiger partial charge on any atom is -0.393 e. The van der Waals surface area contributed by atoms with Gasteiger partial charge < -0.3 is 10.0 Å². The molecule has 0 aliphatic rings. The number of aliphatic hydroxyl groups excluding tert-OH is 1. The molecule has 1 aromatic carbocycles. The van der Waals surface area contributed by atoms with Gasteiger partial charge in [0.15, 0.2) is 0 Å². The molecular weight excluding hydrogens is 294 g/mol. The molecule has 6 heteroatoms. The van der Waals surface area contributed by atoms with Gasteiger partial charge in [0.05, 0.1) is 23.3 Å². The van der Waals surface area contributed by atoms with Gasteiger partial charge in [0, 0.05) is 26.6 Å². The highest BCUT2D eigenvalue weighted by Crippen LogP contribution is 2.11. The summed E-state index contributed by atoms with van der Waals surface area (Å²) in [5.41, 5.74) is 1.54. The van der Waals surface area contributed by atoms with Gasteiger partial charge in [0.25, 0.3) is 5.56 Å². The SMILES string of the molecule is Cc1cccc2c(=O)n(CCC(=O)N(C)CCC(C)O)cnc12. The highest BCUT2D eigenvalue weighted by atomic mass is 16.3. The lowest BCUT2D eigenvalue weighted by Gasteiger charge is -2.18. The highest BCUT2D eigenvalue weighted by Gasteiger charge is 2.11. The fourth-order valence-corrected chi connectivity index (χ4v) is 2.41. The Balaban J connectivity index is 2.06. The molecule has 0 saturated carbocycles. The van der Waals surface area contributed by atoms with E-state index in [1.807, 2.05) is 19.1 Å². The van der Waals surface area contributed by atoms with E-state index in [9.17, 15) is 14.7 Å². The van der Waals surface area contributed by atoms with Crippen LogP contribution in [-0.4, -0.2) is 45.2 Å². The molecule has 1 heterocycles. The highest BCUT2D eigenvalue weighted by molar-refractivity contribution is 5.80. The zero-order valence-corrected chi connectivity index (χ0v) is 13.8. The second-order valence-corrected chi connectivity index (χ2v) is 5.92. The van der Waals surface area contributed by atoms with Gasteiger partial charge in [-0.15, -0.1) is 0 Å². The van der Waals surface area contributed by atoms with Gasteiger partial charge >= 0.3 is 0 Å². The zero-order valence-electron chi connectivity index (χ0n) is 13.8. The third-order valence-corrected chi connectivity index (χ3v) is 3.93. The van der Waals surface area contributed by atoms with Crippen molar-refractivity contribution < 1.29 is 9.90 Å². The predicted octanol–water partition coefficient (Wildman–Crippen LogP) is 1.32. The van der Waals surface area contributed by atoms with E-state index in [1.165, 1.54) is 10.9 Å². The Morgan fingerprint density at radius 2 is 2.17 bits per heavy atom. The lowest BCUT2D eigenvalue weighted by Crippen LogP contribution is -2.31. The van der Waals surface area contributed by atoms with Gasteiger partial charge in [-0.25, -0.2) is 4.98 Å². The average molecular weight is 317 g/mol. The molecule has 0 saturated heterocycles. The van der Waals surface area contributed by atoms with Crippen LogP contribution >= 0.6 is 0 Å². The molecule has 6 nitrogen and oxygen atoms in total. The Hall–Kier alpha value is -2.21. The summed E-state index contributed by atoms with van der Waals surface area (Å²) in [7, 11) is 1.70. The van der Waals surface area contributed by atoms with Crippen LogP contribution in [-0.2, 0) is 11.3 Å². The quantitative estimate of drug-likeness (QED) is 0.872. The summed E-state index contributed by atoms with van der Waals surface area (Å²) in [6, 6.07) is 5.50. The number of amides is 1. The summed E-state index contributed by atoms with van der Waals surface area (Å²) in [6.45, 7) is 4.41. The van der Waals surface area contributed by atoms with E-state index in [-0.39, 0.29) is 17.9 Å². The number of para-hydroxylation sites is 1. The maximum Gasteiger partial charge on any atom is 0.261 e. The number of fused-ring (bicyclic) bond motifs is 1. The van der Waals surface area contributed by atoms with Crippen molar-refractivity contribution in [1.29, 1.82) is 0 Å². The van der Waals surface area contributed by atoms with Gasteiger partial charge in [-0.05, 0) is 31.9 Å². The number of carbonyl (C=O) groups is 1. The number of benzene rings is 1. The molecule has 0 fully saturated rings. The van der Waals surface area contributed by atoms with Crippen LogP contribution in [0.2, 0.25) is 0 Å². The van der Waals surface area contributed by atoms with E-state index >= 15 is 0 Å². The number of aromatic nitrogens is 2. The number of nitrogens with zero attached hydrogens (tertiary/aromatic N) is 3. The number of hydrogen-bond donors (Lipinski definition) is 1. The average Bonchev–Trinajstić information content (AvgIpc) is 2.52. The monoisotopic (exact) mass is 317 g/mol. The van der Waals surface area contributed by atoms with Crippen LogP contribution in [0.15, 0.2) is 29.3 Å². The molecule has 124 valence electrons. The Bertz CT molecular complexity index is 752. The number of aliphatic hydroxyl groups is 1. The van der Waals surface area contributed by atoms with Crippen LogP contribution in [0.5, 0.6) is 0 Å². The number of hydrogen-bond acceptors (Lipinski definition) is 4. The van der Waals surface area contributed by atoms with Crippen LogP contribution in [0.4, 0.5) is 0 Å². The molecule has 0 radical (unpaired) electrons. The summed E-state index contributed by atoms with van der Waals surface area (Å²) < 4.78 is 1.47. The van der Waals surface area contributed by atoms with E-state index in [1.54, 1.807) is 24.9 Å². The second-order valence-electron chi connectivity index (χ2n) is 5.92. The molecular formula is C17H23N3O3. The van der Waals surface area contributed by atoms with Gasteiger partial charge in [0.2, 0.25) is 5.91 Å². The van der Waals surface area contributed by atoms with Gasteiger partial charge in [-0.3, -0.25) is 14.2 Å². The van der Waals surface area contributed by atoms with E-state index in [4.69, 9.17) is 0 Å². The minimum atomic E-state index is -0.430. The first-order valence-corrected chi connectivity index (χ1v) is 7.77. The number of carbonyl (C=O) groups excluding carboxylic acids is 1. The van der Waals surface area contributed by atoms with E-state index < -0.39 is 6.10 Å². The van der Waals surface area contributed by atoms with Crippen molar-refractivity contribution in [2.24, 2.45) is 0 Å². The smallest absolute Gasteiger partial charge is 0.261 e. The Labute approximate surface area is 135 Å². The molecule has 1 unspecified atom stereocenters. The standard InChI is InChI=1S/C17H23N3O3/c1-12-5-4-6-14-16(12)18-11-20(17(14)23)10-8-15(22)19(3)9-7-13(2)21/h4-6,11,13,21H,7-10H2,1-3H3. The summed E-state index contributed by atoms with van der Waals surface area (Å²) in [4.78, 5) is 30.4. The number of rotatable bonds is 6. The Morgan fingerprint density at radius 3 is 2.87 bits per heavy atom. The first-order chi connectivity index (χ1) is 10.9. The lowest BCUT2D eigenvalue weighted by atomic mass is 10.1. The first kappa shape index (κ1) is 17.1. The summed E-state index contributed by atoms with van der Waals surface area (Å²) in [6.07, 6.45) is 1.84. The third-order valence-electron chi connectivity index (χ3n) is 3.93. The lowest BCUT2D eigenvalue weighted by molar-refractivity contribution is -0.130. The summed E-state index contributed by atoms with van der Waals surface area (Å²) >= 11 is 0. The predicted molar refractivity (Wildman–Crippen MR) is 89.3 cm³/mol. The Morgan fingerprint density at radius 1 is 1.43 bits per heavy atom. The van der Waals surface area contributed by atoms with E-state index in [2.05, 4.69) is 4.98 Å². The molecule has 1 aromatic heterocycles. The van der Waals surface area contributed by atoms with Gasteiger partial charge in [-0.1, -0.05) is 12.1 Å². The van der Waals surface area contributed by atoms with Crippen LogP contribution in [0.1, 0.15) is 25.3 Å². The topological polar surface area (TPSA) is 75.4 Å². The molecule has 0 aliphatic carbocycles. The van der Waals surface area contributed by atoms with Crippen LogP contribution < -0.4 is 5.56 Å². The second kappa shape index (κ2) is 7.37. The normalized spacial score (nSPS) is 12.3. The molecule has 1 N–H and O–H groups in total. The molecule has 0 spiro atoms.